The average Bonchev–Trinajstić information content (AvgIpc) is 4.03. The molecule has 1 aromatic heterocycles. The molecule has 2 aromatic rings. The lowest BCUT2D eigenvalue weighted by molar-refractivity contribution is -0.156. The predicted octanol–water partition coefficient (Wildman–Crippen LogP) is 5.27. The van der Waals surface area contributed by atoms with E-state index in [4.69, 9.17) is 14.2 Å². The minimum absolute atomic E-state index is 0.0842. The molecule has 7 atom stereocenters. The van der Waals surface area contributed by atoms with Crippen LogP contribution in [0.15, 0.2) is 36.5 Å². The first kappa shape index (κ1) is 43.8. The Bertz CT molecular complexity index is 2140. The van der Waals surface area contributed by atoms with E-state index in [2.05, 4.69) is 15.0 Å². The minimum Gasteiger partial charge on any atom is -0.493 e. The first-order chi connectivity index (χ1) is 27.5. The SMILES string of the molecule is COc1cc2ccnc(O[C@@H]3C[C@H]4C(=O)N[C@]5(C(=O)NS(=O)(=O)C6(C)CC6)C[C@H]5/C=C\CC[C@@H](C)C[C@@H](C)[C@H](N(C(=O)O)C(C)(C)C(C)(F)F)C(=O)N4C3)c2cc1OC. The highest BCUT2D eigenvalue weighted by Gasteiger charge is 2.63. The number of halogens is 2. The summed E-state index contributed by atoms with van der Waals surface area (Å²) in [5.74, 6) is -6.73. The van der Waals surface area contributed by atoms with Crippen molar-refractivity contribution < 1.29 is 55.7 Å². The minimum atomic E-state index is -4.10. The summed E-state index contributed by atoms with van der Waals surface area (Å²) in [5.41, 5.74) is -4.06. The van der Waals surface area contributed by atoms with Crippen molar-refractivity contribution in [2.45, 2.75) is 126 Å². The first-order valence-electron chi connectivity index (χ1n) is 19.9. The number of methoxy groups -OCH3 is 2. The second kappa shape index (κ2) is 15.7. The summed E-state index contributed by atoms with van der Waals surface area (Å²) in [4.78, 5) is 63.0. The van der Waals surface area contributed by atoms with E-state index < -0.39 is 85.6 Å². The third-order valence-electron chi connectivity index (χ3n) is 12.9. The molecule has 0 bridgehead atoms. The monoisotopic (exact) mass is 847 g/mol. The Balaban J connectivity index is 1.43. The van der Waals surface area contributed by atoms with Crippen LogP contribution in [0.5, 0.6) is 17.4 Å². The molecule has 2 saturated carbocycles. The number of hydrogen-bond acceptors (Lipinski definition) is 10. The molecule has 0 radical (unpaired) electrons. The molecule has 2 aliphatic carbocycles. The lowest BCUT2D eigenvalue weighted by Crippen LogP contribution is -2.66. The lowest BCUT2D eigenvalue weighted by Gasteiger charge is -2.47. The summed E-state index contributed by atoms with van der Waals surface area (Å²) in [6, 6.07) is 2.05. The number of carbonyl (C=O) groups excluding carboxylic acids is 3. The number of sulfonamides is 1. The Morgan fingerprint density at radius 1 is 1.08 bits per heavy atom. The molecule has 3 heterocycles. The second-order valence-corrected chi connectivity index (χ2v) is 19.7. The number of nitrogens with zero attached hydrogens (tertiary/aromatic N) is 3. The van der Waals surface area contributed by atoms with Gasteiger partial charge in [0.1, 0.15) is 29.3 Å². The molecule has 59 heavy (non-hydrogen) atoms. The summed E-state index contributed by atoms with van der Waals surface area (Å²) in [5, 5.41) is 14.6. The van der Waals surface area contributed by atoms with Crippen LogP contribution in [0.3, 0.4) is 0 Å². The zero-order valence-corrected chi connectivity index (χ0v) is 35.5. The number of nitrogens with one attached hydrogen (secondary N) is 2. The summed E-state index contributed by atoms with van der Waals surface area (Å²) in [7, 11) is -1.14. The molecule has 324 valence electrons. The molecule has 15 nitrogen and oxygen atoms in total. The van der Waals surface area contributed by atoms with Crippen molar-refractivity contribution in [3.05, 3.63) is 36.5 Å². The van der Waals surface area contributed by atoms with Crippen molar-refractivity contribution in [2.75, 3.05) is 20.8 Å². The van der Waals surface area contributed by atoms with Gasteiger partial charge in [-0.2, -0.15) is 0 Å². The van der Waals surface area contributed by atoms with E-state index in [0.717, 1.165) is 18.7 Å². The van der Waals surface area contributed by atoms with Crippen molar-refractivity contribution >= 4 is 44.6 Å². The van der Waals surface area contributed by atoms with E-state index in [0.29, 0.717) is 59.8 Å². The zero-order chi connectivity index (χ0) is 43.5. The molecule has 1 saturated heterocycles. The molecule has 18 heteroatoms. The maximum absolute atomic E-state index is 15.4. The Morgan fingerprint density at radius 3 is 2.36 bits per heavy atom. The van der Waals surface area contributed by atoms with Crippen LogP contribution in [0.2, 0.25) is 0 Å². The molecule has 0 unspecified atom stereocenters. The first-order valence-corrected chi connectivity index (χ1v) is 21.4. The number of amides is 4. The zero-order valence-electron chi connectivity index (χ0n) is 34.7. The maximum atomic E-state index is 15.4. The van der Waals surface area contributed by atoms with E-state index in [9.17, 15) is 27.9 Å². The third kappa shape index (κ3) is 8.25. The number of carboxylic acid groups (broad SMARTS) is 1. The fraction of sp³-hybridized carbons (Fsp3) is 0.634. The van der Waals surface area contributed by atoms with Gasteiger partial charge >= 0.3 is 6.09 Å². The molecule has 3 N–H and O–H groups in total. The van der Waals surface area contributed by atoms with Crippen molar-refractivity contribution in [1.29, 1.82) is 0 Å². The van der Waals surface area contributed by atoms with Crippen LogP contribution in [-0.4, -0.2) is 113 Å². The van der Waals surface area contributed by atoms with Crippen molar-refractivity contribution in [2.24, 2.45) is 17.8 Å². The van der Waals surface area contributed by atoms with Gasteiger partial charge in [-0.15, -0.1) is 0 Å². The van der Waals surface area contributed by atoms with Gasteiger partial charge in [-0.05, 0) is 94.7 Å². The summed E-state index contributed by atoms with van der Waals surface area (Å²) in [6.45, 7) is 7.53. The number of fused-ring (bicyclic) bond motifs is 3. The number of allylic oxidation sites excluding steroid dienone is 1. The Labute approximate surface area is 343 Å². The van der Waals surface area contributed by atoms with Gasteiger partial charge in [0.05, 0.1) is 25.5 Å². The number of pyridine rings is 1. The second-order valence-electron chi connectivity index (χ2n) is 17.6. The number of alkyl halides is 2. The number of benzene rings is 1. The van der Waals surface area contributed by atoms with Gasteiger partial charge < -0.3 is 29.5 Å². The van der Waals surface area contributed by atoms with E-state index in [-0.39, 0.29) is 37.6 Å². The number of ether oxygens (including phenoxy) is 3. The number of aromatic nitrogens is 1. The number of rotatable bonds is 10. The molecule has 1 aromatic carbocycles. The number of hydrogen-bond donors (Lipinski definition) is 3. The average molecular weight is 848 g/mol. The van der Waals surface area contributed by atoms with Crippen LogP contribution in [0.4, 0.5) is 13.6 Å². The standard InChI is InChI=1S/C41H55F2N5O10S/c1-23-11-9-10-12-26-21-41(26,36(51)46-59(54,55)39(5)14-15-39)45-33(49)29-19-27(58-34-28-20-31(57-8)30(56-7)18-25(28)13-16-44-34)22-47(29)35(50)32(24(2)17-23)48(37(52)53)38(3,4)40(6,42)43/h10,12-13,16,18,20,23-24,26-27,29,32H,9,11,14-15,17,19,21-22H2,1-8H3,(H,45,49)(H,46,51)(H,52,53)/b12-10-/t23-,24-,26-,27-,29+,32+,41-/m1/s1. The smallest absolute Gasteiger partial charge is 0.408 e. The molecule has 0 spiro atoms. The highest BCUT2D eigenvalue weighted by molar-refractivity contribution is 7.91. The molecule has 3 fully saturated rings. The Kier molecular flexibility index (Phi) is 11.7. The molecular weight excluding hydrogens is 793 g/mol. The normalized spacial score (nSPS) is 29.2. The largest absolute Gasteiger partial charge is 0.493 e. The van der Waals surface area contributed by atoms with Crippen LogP contribution < -0.4 is 24.2 Å². The summed E-state index contributed by atoms with van der Waals surface area (Å²) >= 11 is 0. The third-order valence-corrected chi connectivity index (χ3v) is 15.0. The molecule has 4 amide bonds. The topological polar surface area (TPSA) is 194 Å². The van der Waals surface area contributed by atoms with Crippen molar-refractivity contribution in [3.63, 3.8) is 0 Å². The van der Waals surface area contributed by atoms with Crippen molar-refractivity contribution in [3.8, 4) is 17.4 Å². The highest BCUT2D eigenvalue weighted by Crippen LogP contribution is 2.48. The summed E-state index contributed by atoms with van der Waals surface area (Å²) < 4.78 is 75.7. The molecule has 6 rings (SSSR count). The van der Waals surface area contributed by atoms with Crippen LogP contribution in [0.1, 0.15) is 86.5 Å². The van der Waals surface area contributed by atoms with Gasteiger partial charge in [-0.3, -0.25) is 24.0 Å². The fourth-order valence-corrected chi connectivity index (χ4v) is 9.70. The van der Waals surface area contributed by atoms with Crippen LogP contribution in [0.25, 0.3) is 10.8 Å². The Hall–Kier alpha value is -4.74. The Morgan fingerprint density at radius 2 is 1.75 bits per heavy atom. The van der Waals surface area contributed by atoms with E-state index in [1.807, 2.05) is 13.0 Å². The fourth-order valence-electron chi connectivity index (χ4n) is 8.38. The van der Waals surface area contributed by atoms with E-state index in [1.165, 1.54) is 27.3 Å². The van der Waals surface area contributed by atoms with E-state index >= 15 is 13.6 Å². The molecule has 4 aliphatic rings. The van der Waals surface area contributed by atoms with Gasteiger partial charge in [0.15, 0.2) is 11.5 Å². The molecular formula is C41H55F2N5O10S. The van der Waals surface area contributed by atoms with Gasteiger partial charge in [-0.1, -0.05) is 26.0 Å². The van der Waals surface area contributed by atoms with Gasteiger partial charge in [0, 0.05) is 30.8 Å². The van der Waals surface area contributed by atoms with Crippen LogP contribution >= 0.6 is 0 Å². The van der Waals surface area contributed by atoms with Crippen molar-refractivity contribution in [1.82, 2.24) is 24.8 Å². The predicted molar refractivity (Wildman–Crippen MR) is 213 cm³/mol. The molecule has 2 aliphatic heterocycles. The number of carbonyl (C=O) groups is 4. The van der Waals surface area contributed by atoms with Crippen LogP contribution in [0, 0.1) is 17.8 Å². The van der Waals surface area contributed by atoms with Gasteiger partial charge in [0.2, 0.25) is 27.7 Å². The highest BCUT2D eigenvalue weighted by atomic mass is 32.2. The van der Waals surface area contributed by atoms with Crippen LogP contribution in [-0.2, 0) is 24.4 Å². The van der Waals surface area contributed by atoms with E-state index in [1.54, 1.807) is 31.2 Å². The maximum Gasteiger partial charge on any atom is 0.408 e. The summed E-state index contributed by atoms with van der Waals surface area (Å²) in [6.07, 6.45) is 4.48. The quantitative estimate of drug-likeness (QED) is 0.264. The lowest BCUT2D eigenvalue weighted by atomic mass is 9.84. The van der Waals surface area contributed by atoms with Gasteiger partial charge in [0.25, 0.3) is 11.8 Å². The van der Waals surface area contributed by atoms with Gasteiger partial charge in [-0.25, -0.2) is 27.0 Å².